The number of benzene rings is 1. The van der Waals surface area contributed by atoms with Crippen molar-refractivity contribution in [3.63, 3.8) is 0 Å². The summed E-state index contributed by atoms with van der Waals surface area (Å²) in [6.45, 7) is 1.65. The lowest BCUT2D eigenvalue weighted by atomic mass is 10.1. The van der Waals surface area contributed by atoms with Gasteiger partial charge in [-0.2, -0.15) is 0 Å². The molecule has 1 unspecified atom stereocenters. The average molecular weight is 249 g/mol. The van der Waals surface area contributed by atoms with Crippen molar-refractivity contribution in [2.24, 2.45) is 0 Å². The molecule has 98 valence electrons. The van der Waals surface area contributed by atoms with E-state index < -0.39 is 0 Å². The Bertz CT molecular complexity index is 406. The first kappa shape index (κ1) is 13.1. The topological polar surface area (TPSA) is 47.6 Å². The number of carbonyl (C=O) groups is 1. The van der Waals surface area contributed by atoms with Gasteiger partial charge in [0.1, 0.15) is 0 Å². The molecule has 0 amide bonds. The third-order valence-corrected chi connectivity index (χ3v) is 3.04. The predicted octanol–water partition coefficient (Wildman–Crippen LogP) is 2.26. The van der Waals surface area contributed by atoms with Gasteiger partial charge in [0.15, 0.2) is 6.23 Å². The van der Waals surface area contributed by atoms with Gasteiger partial charge in [-0.25, -0.2) is 4.79 Å². The molecule has 18 heavy (non-hydrogen) atoms. The van der Waals surface area contributed by atoms with E-state index in [0.29, 0.717) is 5.56 Å². The summed E-state index contributed by atoms with van der Waals surface area (Å²) in [5, 5.41) is 3.26. The van der Waals surface area contributed by atoms with Crippen molar-refractivity contribution in [3.05, 3.63) is 35.4 Å². The third-order valence-electron chi connectivity index (χ3n) is 3.04. The highest BCUT2D eigenvalue weighted by Crippen LogP contribution is 2.27. The maximum absolute atomic E-state index is 11.6. The van der Waals surface area contributed by atoms with Crippen LogP contribution in [0.2, 0.25) is 0 Å². The molecule has 2 rings (SSSR count). The van der Waals surface area contributed by atoms with Gasteiger partial charge < -0.3 is 9.47 Å². The molecule has 0 spiro atoms. The van der Waals surface area contributed by atoms with E-state index in [0.717, 1.165) is 38.0 Å². The molecule has 4 heteroatoms. The summed E-state index contributed by atoms with van der Waals surface area (Å²) in [6, 6.07) is 7.52. The predicted molar refractivity (Wildman–Crippen MR) is 68.3 cm³/mol. The van der Waals surface area contributed by atoms with Gasteiger partial charge in [-0.15, -0.1) is 0 Å². The fraction of sp³-hybridized carbons (Fsp3) is 0.500. The Kier molecular flexibility index (Phi) is 4.73. The molecule has 0 saturated heterocycles. The molecule has 0 bridgehead atoms. The lowest BCUT2D eigenvalue weighted by Crippen LogP contribution is -2.22. The minimum Gasteiger partial charge on any atom is -0.439 e. The van der Waals surface area contributed by atoms with Crippen LogP contribution in [0.3, 0.4) is 0 Å². The first-order valence-corrected chi connectivity index (χ1v) is 6.35. The van der Waals surface area contributed by atoms with Gasteiger partial charge in [-0.3, -0.25) is 5.32 Å². The number of cyclic esters (lactones) is 1. The molecule has 0 radical (unpaired) electrons. The van der Waals surface area contributed by atoms with Crippen LogP contribution in [0.15, 0.2) is 24.3 Å². The highest BCUT2D eigenvalue weighted by molar-refractivity contribution is 5.93. The molecule has 1 atom stereocenters. The third kappa shape index (κ3) is 3.09. The van der Waals surface area contributed by atoms with Crippen molar-refractivity contribution < 1.29 is 14.3 Å². The Morgan fingerprint density at radius 3 is 2.94 bits per heavy atom. The molecule has 0 aromatic heterocycles. The first-order chi connectivity index (χ1) is 8.83. The molecular formula is C14H19NO3. The Hall–Kier alpha value is -1.39. The highest BCUT2D eigenvalue weighted by Gasteiger charge is 2.29. The van der Waals surface area contributed by atoms with Gasteiger partial charge in [-0.05, 0) is 31.9 Å². The number of fused-ring (bicyclic) bond motifs is 1. The SMILES string of the molecule is COCCCCCNC1OC(=O)c2ccccc21. The summed E-state index contributed by atoms with van der Waals surface area (Å²) in [4.78, 5) is 11.6. The monoisotopic (exact) mass is 249 g/mol. The zero-order valence-corrected chi connectivity index (χ0v) is 10.6. The summed E-state index contributed by atoms with van der Waals surface area (Å²) in [5.41, 5.74) is 1.62. The fourth-order valence-electron chi connectivity index (χ4n) is 2.08. The number of methoxy groups -OCH3 is 1. The zero-order valence-electron chi connectivity index (χ0n) is 10.6. The first-order valence-electron chi connectivity index (χ1n) is 6.35. The molecule has 4 nitrogen and oxygen atoms in total. The lowest BCUT2D eigenvalue weighted by molar-refractivity contribution is 0.0308. The Balaban J connectivity index is 1.77. The summed E-state index contributed by atoms with van der Waals surface area (Å²) < 4.78 is 10.3. The minimum absolute atomic E-state index is 0.234. The number of rotatable bonds is 7. The molecule has 0 aliphatic carbocycles. The van der Waals surface area contributed by atoms with Crippen molar-refractivity contribution in [1.82, 2.24) is 5.32 Å². The molecular weight excluding hydrogens is 230 g/mol. The summed E-state index contributed by atoms with van der Waals surface area (Å²) >= 11 is 0. The number of unbranched alkanes of at least 4 members (excludes halogenated alkanes) is 2. The quantitative estimate of drug-likeness (QED) is 0.595. The molecule has 0 fully saturated rings. The Morgan fingerprint density at radius 1 is 1.28 bits per heavy atom. The van der Waals surface area contributed by atoms with Crippen molar-refractivity contribution >= 4 is 5.97 Å². The van der Waals surface area contributed by atoms with E-state index in [-0.39, 0.29) is 12.2 Å². The van der Waals surface area contributed by atoms with Crippen LogP contribution in [0.1, 0.15) is 41.4 Å². The van der Waals surface area contributed by atoms with Crippen LogP contribution in [-0.2, 0) is 9.47 Å². The molecule has 1 aromatic carbocycles. The average Bonchev–Trinajstić information content (AvgIpc) is 2.71. The van der Waals surface area contributed by atoms with Crippen LogP contribution in [-0.4, -0.2) is 26.2 Å². The van der Waals surface area contributed by atoms with E-state index in [1.54, 1.807) is 13.2 Å². The van der Waals surface area contributed by atoms with Crippen LogP contribution >= 0.6 is 0 Å². The van der Waals surface area contributed by atoms with Crippen LogP contribution < -0.4 is 5.32 Å². The normalized spacial score (nSPS) is 17.6. The second-order valence-electron chi connectivity index (χ2n) is 4.38. The number of esters is 1. The van der Waals surface area contributed by atoms with E-state index in [9.17, 15) is 4.79 Å². The fourth-order valence-corrected chi connectivity index (χ4v) is 2.08. The van der Waals surface area contributed by atoms with Crippen LogP contribution in [0.4, 0.5) is 0 Å². The number of carbonyl (C=O) groups excluding carboxylic acids is 1. The van der Waals surface area contributed by atoms with Crippen molar-refractivity contribution in [3.8, 4) is 0 Å². The van der Waals surface area contributed by atoms with Gasteiger partial charge in [0.05, 0.1) is 5.56 Å². The van der Waals surface area contributed by atoms with Gasteiger partial charge in [-0.1, -0.05) is 18.2 Å². The molecule has 1 aliphatic heterocycles. The number of ether oxygens (including phenoxy) is 2. The lowest BCUT2D eigenvalue weighted by Gasteiger charge is -2.12. The van der Waals surface area contributed by atoms with Gasteiger partial charge in [0.2, 0.25) is 0 Å². The van der Waals surface area contributed by atoms with E-state index in [2.05, 4.69) is 5.32 Å². The smallest absolute Gasteiger partial charge is 0.340 e. The Morgan fingerprint density at radius 2 is 2.11 bits per heavy atom. The second kappa shape index (κ2) is 6.52. The summed E-state index contributed by atoms with van der Waals surface area (Å²) in [7, 11) is 1.72. The minimum atomic E-state index is -0.281. The van der Waals surface area contributed by atoms with Crippen molar-refractivity contribution in [2.45, 2.75) is 25.5 Å². The molecule has 0 saturated carbocycles. The maximum atomic E-state index is 11.6. The van der Waals surface area contributed by atoms with E-state index in [1.807, 2.05) is 18.2 Å². The number of hydrogen-bond donors (Lipinski definition) is 1. The maximum Gasteiger partial charge on any atom is 0.340 e. The van der Waals surface area contributed by atoms with Crippen LogP contribution in [0.5, 0.6) is 0 Å². The number of nitrogens with one attached hydrogen (secondary N) is 1. The molecule has 1 aromatic rings. The Labute approximate surface area is 107 Å². The summed E-state index contributed by atoms with van der Waals surface area (Å²) in [6.07, 6.45) is 2.96. The largest absolute Gasteiger partial charge is 0.439 e. The molecule has 1 heterocycles. The van der Waals surface area contributed by atoms with E-state index in [4.69, 9.17) is 9.47 Å². The van der Waals surface area contributed by atoms with Crippen LogP contribution in [0.25, 0.3) is 0 Å². The van der Waals surface area contributed by atoms with E-state index >= 15 is 0 Å². The standard InChI is InChI=1S/C14H19NO3/c1-17-10-6-2-5-9-15-13-11-7-3-4-8-12(11)14(16)18-13/h3-4,7-8,13,15H,2,5-6,9-10H2,1H3. The molecule has 1 N–H and O–H groups in total. The van der Waals surface area contributed by atoms with Gasteiger partial charge in [0, 0.05) is 19.3 Å². The zero-order chi connectivity index (χ0) is 12.8. The number of hydrogen-bond acceptors (Lipinski definition) is 4. The van der Waals surface area contributed by atoms with Crippen molar-refractivity contribution in [2.75, 3.05) is 20.3 Å². The summed E-state index contributed by atoms with van der Waals surface area (Å²) in [5.74, 6) is -0.234. The second-order valence-corrected chi connectivity index (χ2v) is 4.38. The van der Waals surface area contributed by atoms with Crippen molar-refractivity contribution in [1.29, 1.82) is 0 Å². The molecule has 1 aliphatic rings. The van der Waals surface area contributed by atoms with Crippen LogP contribution in [0, 0.1) is 0 Å². The van der Waals surface area contributed by atoms with E-state index in [1.165, 1.54) is 0 Å². The van der Waals surface area contributed by atoms with Gasteiger partial charge in [0.25, 0.3) is 0 Å². The van der Waals surface area contributed by atoms with Gasteiger partial charge >= 0.3 is 5.97 Å². The highest BCUT2D eigenvalue weighted by atomic mass is 16.6.